The largest absolute Gasteiger partial charge is 0.393 e. The van der Waals surface area contributed by atoms with Crippen molar-refractivity contribution in [2.45, 2.75) is 84.7 Å². The molecule has 0 bridgehead atoms. The fraction of sp³-hybridized carbons (Fsp3) is 0.952. The van der Waals surface area contributed by atoms with Crippen molar-refractivity contribution in [3.8, 4) is 0 Å². The van der Waals surface area contributed by atoms with Gasteiger partial charge in [0.1, 0.15) is 5.78 Å². The molecule has 130 valence electrons. The molecule has 7 unspecified atom stereocenters. The van der Waals surface area contributed by atoms with Crippen LogP contribution in [0.1, 0.15) is 78.6 Å². The van der Waals surface area contributed by atoms with Crippen molar-refractivity contribution in [2.75, 3.05) is 0 Å². The van der Waals surface area contributed by atoms with Gasteiger partial charge in [-0.05, 0) is 99.2 Å². The molecule has 0 aromatic carbocycles. The quantitative estimate of drug-likeness (QED) is 0.767. The normalized spacial score (nSPS) is 55.7. The van der Waals surface area contributed by atoms with Crippen molar-refractivity contribution in [3.05, 3.63) is 0 Å². The maximum atomic E-state index is 12.2. The number of carbonyl (C=O) groups is 1. The van der Waals surface area contributed by atoms with Gasteiger partial charge in [0.2, 0.25) is 0 Å². The molecular formula is C21H34O2. The molecule has 4 fully saturated rings. The van der Waals surface area contributed by atoms with Crippen LogP contribution in [0.2, 0.25) is 0 Å². The minimum absolute atomic E-state index is 0.0490. The zero-order chi connectivity index (χ0) is 16.4. The Morgan fingerprint density at radius 2 is 1.61 bits per heavy atom. The summed E-state index contributed by atoms with van der Waals surface area (Å²) in [6.07, 6.45) is 10.9. The summed E-state index contributed by atoms with van der Waals surface area (Å²) >= 11 is 0. The van der Waals surface area contributed by atoms with Gasteiger partial charge in [0.05, 0.1) is 6.10 Å². The Labute approximate surface area is 141 Å². The van der Waals surface area contributed by atoms with Gasteiger partial charge < -0.3 is 5.11 Å². The Kier molecular flexibility index (Phi) is 3.72. The van der Waals surface area contributed by atoms with Gasteiger partial charge in [-0.3, -0.25) is 4.79 Å². The van der Waals surface area contributed by atoms with Gasteiger partial charge >= 0.3 is 0 Å². The molecule has 0 aromatic heterocycles. The minimum atomic E-state index is -0.0490. The predicted octanol–water partition coefficient (Wildman–Crippen LogP) is 4.60. The van der Waals surface area contributed by atoms with Crippen LogP contribution < -0.4 is 0 Å². The van der Waals surface area contributed by atoms with E-state index in [1.54, 1.807) is 0 Å². The molecule has 0 spiro atoms. The Balaban J connectivity index is 1.61. The van der Waals surface area contributed by atoms with Gasteiger partial charge in [0.15, 0.2) is 0 Å². The fourth-order valence-corrected chi connectivity index (χ4v) is 7.90. The number of rotatable bonds is 1. The first-order valence-corrected chi connectivity index (χ1v) is 10.0. The third-order valence-corrected chi connectivity index (χ3v) is 9.13. The van der Waals surface area contributed by atoms with Crippen molar-refractivity contribution in [3.63, 3.8) is 0 Å². The van der Waals surface area contributed by atoms with Gasteiger partial charge in [0.25, 0.3) is 0 Å². The highest BCUT2D eigenvalue weighted by molar-refractivity contribution is 5.79. The first-order valence-electron chi connectivity index (χ1n) is 10.0. The van der Waals surface area contributed by atoms with Gasteiger partial charge in [-0.15, -0.1) is 0 Å². The second kappa shape index (κ2) is 5.31. The monoisotopic (exact) mass is 318 g/mol. The van der Waals surface area contributed by atoms with Gasteiger partial charge in [-0.25, -0.2) is 0 Å². The maximum absolute atomic E-state index is 12.2. The summed E-state index contributed by atoms with van der Waals surface area (Å²) in [5, 5.41) is 10.1. The lowest BCUT2D eigenvalue weighted by atomic mass is 9.44. The fourth-order valence-electron chi connectivity index (χ4n) is 7.90. The standard InChI is InChI=1S/C21H34O2/c1-13(22)17-6-7-18-16-5-4-14-12-15(23)8-10-20(14,2)19(16)9-11-21(17,18)3/h14-19,23H,4-12H2,1-3H3/t14?,15-,16?,17?,18?,19?,20?,21?/m0/s1. The molecule has 2 heteroatoms. The summed E-state index contributed by atoms with van der Waals surface area (Å²) in [6, 6.07) is 0. The maximum Gasteiger partial charge on any atom is 0.133 e. The second-order valence-corrected chi connectivity index (χ2v) is 9.87. The molecule has 4 aliphatic carbocycles. The van der Waals surface area contributed by atoms with E-state index < -0.39 is 0 Å². The summed E-state index contributed by atoms with van der Waals surface area (Å²) in [5.41, 5.74) is 0.738. The number of aliphatic hydroxyl groups is 1. The van der Waals surface area contributed by atoms with Crippen molar-refractivity contribution in [1.29, 1.82) is 0 Å². The molecule has 0 amide bonds. The average molecular weight is 319 g/mol. The van der Waals surface area contributed by atoms with Crippen molar-refractivity contribution < 1.29 is 9.90 Å². The van der Waals surface area contributed by atoms with Gasteiger partial charge in [-0.1, -0.05) is 13.8 Å². The van der Waals surface area contributed by atoms with Crippen molar-refractivity contribution in [1.82, 2.24) is 0 Å². The summed E-state index contributed by atoms with van der Waals surface area (Å²) in [6.45, 7) is 6.80. The lowest BCUT2D eigenvalue weighted by molar-refractivity contribution is -0.138. The molecule has 2 nitrogen and oxygen atoms in total. The summed E-state index contributed by atoms with van der Waals surface area (Å²) in [4.78, 5) is 12.2. The Bertz CT molecular complexity index is 500. The van der Waals surface area contributed by atoms with Crippen molar-refractivity contribution in [2.24, 2.45) is 40.4 Å². The Morgan fingerprint density at radius 3 is 2.35 bits per heavy atom. The highest BCUT2D eigenvalue weighted by Crippen LogP contribution is 2.67. The van der Waals surface area contributed by atoms with Crippen LogP contribution in [0.25, 0.3) is 0 Å². The van der Waals surface area contributed by atoms with E-state index in [4.69, 9.17) is 0 Å². The van der Waals surface area contributed by atoms with E-state index in [2.05, 4.69) is 13.8 Å². The first-order chi connectivity index (χ1) is 10.9. The molecule has 0 aromatic rings. The van der Waals surface area contributed by atoms with Crippen LogP contribution in [0.15, 0.2) is 0 Å². The average Bonchev–Trinajstić information content (AvgIpc) is 2.85. The number of hydrogen-bond donors (Lipinski definition) is 1. The molecule has 0 saturated heterocycles. The molecular weight excluding hydrogens is 284 g/mol. The first kappa shape index (κ1) is 16.1. The zero-order valence-corrected chi connectivity index (χ0v) is 15.2. The van der Waals surface area contributed by atoms with E-state index in [-0.39, 0.29) is 11.5 Å². The van der Waals surface area contributed by atoms with E-state index in [0.717, 1.165) is 42.9 Å². The van der Waals surface area contributed by atoms with Crippen molar-refractivity contribution >= 4 is 5.78 Å². The topological polar surface area (TPSA) is 37.3 Å². The summed E-state index contributed by atoms with van der Waals surface area (Å²) < 4.78 is 0. The highest BCUT2D eigenvalue weighted by Gasteiger charge is 2.60. The third kappa shape index (κ3) is 2.19. The van der Waals surface area contributed by atoms with Crippen LogP contribution in [0, 0.1) is 40.4 Å². The molecule has 4 rings (SSSR count). The van der Waals surface area contributed by atoms with Crippen LogP contribution >= 0.6 is 0 Å². The van der Waals surface area contributed by atoms with E-state index in [9.17, 15) is 9.90 Å². The van der Waals surface area contributed by atoms with E-state index in [1.165, 1.54) is 38.5 Å². The molecule has 23 heavy (non-hydrogen) atoms. The zero-order valence-electron chi connectivity index (χ0n) is 15.2. The number of fused-ring (bicyclic) bond motifs is 5. The smallest absolute Gasteiger partial charge is 0.133 e. The van der Waals surface area contributed by atoms with E-state index >= 15 is 0 Å². The minimum Gasteiger partial charge on any atom is -0.393 e. The molecule has 0 heterocycles. The lowest BCUT2D eigenvalue weighted by Gasteiger charge is -2.60. The second-order valence-electron chi connectivity index (χ2n) is 9.87. The van der Waals surface area contributed by atoms with Crippen LogP contribution in [0.4, 0.5) is 0 Å². The SMILES string of the molecule is CC(=O)C1CCC2C3CCC4C[C@@H](O)CCC4(C)C3CCC12C. The predicted molar refractivity (Wildman–Crippen MR) is 91.9 cm³/mol. The van der Waals surface area contributed by atoms with E-state index in [1.807, 2.05) is 6.92 Å². The van der Waals surface area contributed by atoms with E-state index in [0.29, 0.717) is 17.1 Å². The van der Waals surface area contributed by atoms with Gasteiger partial charge in [0, 0.05) is 5.92 Å². The van der Waals surface area contributed by atoms with Gasteiger partial charge in [-0.2, -0.15) is 0 Å². The molecule has 0 radical (unpaired) electrons. The number of carbonyl (C=O) groups excluding carboxylic acids is 1. The van der Waals surface area contributed by atoms with Crippen LogP contribution in [-0.2, 0) is 4.79 Å². The number of Topliss-reactive ketones (excluding diaryl/α,β-unsaturated/α-hetero) is 1. The van der Waals surface area contributed by atoms with Crippen LogP contribution in [0.3, 0.4) is 0 Å². The number of ketones is 1. The van der Waals surface area contributed by atoms with Crippen LogP contribution in [-0.4, -0.2) is 17.0 Å². The highest BCUT2D eigenvalue weighted by atomic mass is 16.3. The molecule has 0 aliphatic heterocycles. The molecule has 8 atom stereocenters. The Hall–Kier alpha value is -0.370. The summed E-state index contributed by atoms with van der Waals surface area (Å²) in [7, 11) is 0. The summed E-state index contributed by atoms with van der Waals surface area (Å²) in [5.74, 6) is 3.97. The Morgan fingerprint density at radius 1 is 0.913 bits per heavy atom. The molecule has 1 N–H and O–H groups in total. The number of hydrogen-bond acceptors (Lipinski definition) is 2. The molecule has 4 aliphatic rings. The molecule has 4 saturated carbocycles. The van der Waals surface area contributed by atoms with Crippen LogP contribution in [0.5, 0.6) is 0 Å². The third-order valence-electron chi connectivity index (χ3n) is 9.13. The lowest BCUT2D eigenvalue weighted by Crippen LogP contribution is -2.54. The number of aliphatic hydroxyl groups excluding tert-OH is 1.